The third kappa shape index (κ3) is 3.26. The van der Waals surface area contributed by atoms with Crippen molar-refractivity contribution in [2.24, 2.45) is 0 Å². The smallest absolute Gasteiger partial charge is 0.262 e. The number of nitrogens with zero attached hydrogens (tertiary/aromatic N) is 1. The Bertz CT molecular complexity index is 698. The van der Waals surface area contributed by atoms with E-state index in [2.05, 4.69) is 28.8 Å². The van der Waals surface area contributed by atoms with Crippen molar-refractivity contribution < 1.29 is 8.42 Å². The second kappa shape index (κ2) is 5.89. The number of aromatic nitrogens is 2. The molecule has 0 amide bonds. The van der Waals surface area contributed by atoms with Crippen LogP contribution in [-0.4, -0.2) is 18.6 Å². The summed E-state index contributed by atoms with van der Waals surface area (Å²) in [5.41, 5.74) is 2.99. The maximum Gasteiger partial charge on any atom is 0.262 e. The number of anilines is 1. The van der Waals surface area contributed by atoms with Gasteiger partial charge in [0.15, 0.2) is 0 Å². The molecule has 5 nitrogen and oxygen atoms in total. The summed E-state index contributed by atoms with van der Waals surface area (Å²) in [5, 5.41) is 6.76. The number of benzene rings is 1. The van der Waals surface area contributed by atoms with E-state index in [-0.39, 0.29) is 4.90 Å². The van der Waals surface area contributed by atoms with E-state index in [1.807, 2.05) is 12.1 Å². The Morgan fingerprint density at radius 3 is 2.33 bits per heavy atom. The number of aromatic amines is 1. The van der Waals surface area contributed by atoms with Crippen LogP contribution in [0.1, 0.15) is 43.1 Å². The maximum atomic E-state index is 12.4. The van der Waals surface area contributed by atoms with Crippen LogP contribution < -0.4 is 4.72 Å². The van der Waals surface area contributed by atoms with E-state index < -0.39 is 10.0 Å². The molecule has 1 aromatic carbocycles. The van der Waals surface area contributed by atoms with Gasteiger partial charge in [0.2, 0.25) is 0 Å². The summed E-state index contributed by atoms with van der Waals surface area (Å²) in [6.45, 7) is 7.78. The van der Waals surface area contributed by atoms with Crippen LogP contribution in [0.4, 0.5) is 5.69 Å². The van der Waals surface area contributed by atoms with Gasteiger partial charge in [0.1, 0.15) is 0 Å². The first kappa shape index (κ1) is 15.6. The van der Waals surface area contributed by atoms with Crippen molar-refractivity contribution in [3.8, 4) is 0 Å². The molecule has 0 fully saturated rings. The summed E-state index contributed by atoms with van der Waals surface area (Å²) in [4.78, 5) is 0.259. The summed E-state index contributed by atoms with van der Waals surface area (Å²) in [6, 6.07) is 7.04. The number of nitrogens with one attached hydrogen (secondary N) is 2. The Morgan fingerprint density at radius 2 is 1.86 bits per heavy atom. The van der Waals surface area contributed by atoms with Crippen LogP contribution in [0.2, 0.25) is 0 Å². The Morgan fingerprint density at radius 1 is 1.24 bits per heavy atom. The second-order valence-electron chi connectivity index (χ2n) is 5.29. The molecule has 0 bridgehead atoms. The topological polar surface area (TPSA) is 74.8 Å². The van der Waals surface area contributed by atoms with Crippen molar-refractivity contribution in [1.29, 1.82) is 0 Å². The SMILES string of the molecule is CCC(C)c1ccc(S(=O)(=O)Nc2c(C)n[nH]c2C)cc1. The molecular formula is C15H21N3O2S. The zero-order valence-corrected chi connectivity index (χ0v) is 13.6. The fourth-order valence-corrected chi connectivity index (χ4v) is 3.29. The van der Waals surface area contributed by atoms with E-state index in [1.165, 1.54) is 0 Å². The van der Waals surface area contributed by atoms with Crippen LogP contribution in [0.15, 0.2) is 29.2 Å². The van der Waals surface area contributed by atoms with Crippen molar-refractivity contribution in [2.75, 3.05) is 4.72 Å². The van der Waals surface area contributed by atoms with Gasteiger partial charge in [-0.1, -0.05) is 26.0 Å². The molecule has 0 saturated heterocycles. The maximum absolute atomic E-state index is 12.4. The quantitative estimate of drug-likeness (QED) is 0.889. The Labute approximate surface area is 125 Å². The number of hydrogen-bond donors (Lipinski definition) is 2. The molecule has 1 unspecified atom stereocenters. The molecule has 2 N–H and O–H groups in total. The van der Waals surface area contributed by atoms with Gasteiger partial charge in [-0.3, -0.25) is 9.82 Å². The minimum absolute atomic E-state index is 0.259. The molecule has 2 rings (SSSR count). The van der Waals surface area contributed by atoms with Gasteiger partial charge in [0.05, 0.1) is 22.0 Å². The van der Waals surface area contributed by atoms with Crippen LogP contribution in [0.25, 0.3) is 0 Å². The molecule has 0 aliphatic rings. The first-order valence-corrected chi connectivity index (χ1v) is 8.47. The Kier molecular flexibility index (Phi) is 4.37. The molecule has 0 spiro atoms. The molecule has 21 heavy (non-hydrogen) atoms. The van der Waals surface area contributed by atoms with E-state index in [4.69, 9.17) is 0 Å². The van der Waals surface area contributed by atoms with Crippen molar-refractivity contribution in [3.05, 3.63) is 41.2 Å². The number of rotatable bonds is 5. The summed E-state index contributed by atoms with van der Waals surface area (Å²) in [5.74, 6) is 0.424. The summed E-state index contributed by atoms with van der Waals surface area (Å²) < 4.78 is 27.4. The fraction of sp³-hybridized carbons (Fsp3) is 0.400. The number of aryl methyl sites for hydroxylation is 2. The van der Waals surface area contributed by atoms with Gasteiger partial charge in [0, 0.05) is 0 Å². The zero-order chi connectivity index (χ0) is 15.6. The van der Waals surface area contributed by atoms with Gasteiger partial charge in [0.25, 0.3) is 10.0 Å². The van der Waals surface area contributed by atoms with E-state index in [9.17, 15) is 8.42 Å². The standard InChI is InChI=1S/C15H21N3O2S/c1-5-10(2)13-6-8-14(9-7-13)21(19,20)18-15-11(3)16-17-12(15)4/h6-10,18H,5H2,1-4H3,(H,16,17). The lowest BCUT2D eigenvalue weighted by molar-refractivity contribution is 0.601. The van der Waals surface area contributed by atoms with Gasteiger partial charge < -0.3 is 0 Å². The van der Waals surface area contributed by atoms with E-state index >= 15 is 0 Å². The highest BCUT2D eigenvalue weighted by atomic mass is 32.2. The average Bonchev–Trinajstić information content (AvgIpc) is 2.78. The van der Waals surface area contributed by atoms with Gasteiger partial charge in [-0.15, -0.1) is 0 Å². The largest absolute Gasteiger partial charge is 0.280 e. The summed E-state index contributed by atoms with van der Waals surface area (Å²) >= 11 is 0. The lowest BCUT2D eigenvalue weighted by Crippen LogP contribution is -2.14. The number of hydrogen-bond acceptors (Lipinski definition) is 3. The van der Waals surface area contributed by atoms with Crippen LogP contribution in [0.5, 0.6) is 0 Å². The lowest BCUT2D eigenvalue weighted by Gasteiger charge is -2.11. The average molecular weight is 307 g/mol. The minimum atomic E-state index is -3.59. The molecule has 1 heterocycles. The Hall–Kier alpha value is -1.82. The molecule has 2 aromatic rings. The number of sulfonamides is 1. The molecule has 0 radical (unpaired) electrons. The van der Waals surface area contributed by atoms with Crippen LogP contribution in [-0.2, 0) is 10.0 Å². The first-order chi connectivity index (χ1) is 9.85. The van der Waals surface area contributed by atoms with Crippen molar-refractivity contribution in [2.45, 2.75) is 44.9 Å². The molecule has 6 heteroatoms. The molecule has 0 saturated carbocycles. The highest BCUT2D eigenvalue weighted by Gasteiger charge is 2.18. The highest BCUT2D eigenvalue weighted by Crippen LogP contribution is 2.23. The normalized spacial score (nSPS) is 13.1. The summed E-state index contributed by atoms with van der Waals surface area (Å²) in [7, 11) is -3.59. The predicted molar refractivity (Wildman–Crippen MR) is 84.0 cm³/mol. The van der Waals surface area contributed by atoms with Crippen LogP contribution in [0.3, 0.4) is 0 Å². The third-order valence-electron chi connectivity index (χ3n) is 3.74. The predicted octanol–water partition coefficient (Wildman–Crippen LogP) is 3.34. The molecule has 0 aliphatic heterocycles. The van der Waals surface area contributed by atoms with Gasteiger partial charge >= 0.3 is 0 Å². The fourth-order valence-electron chi connectivity index (χ4n) is 2.11. The van der Waals surface area contributed by atoms with Crippen molar-refractivity contribution in [3.63, 3.8) is 0 Å². The monoisotopic (exact) mass is 307 g/mol. The zero-order valence-electron chi connectivity index (χ0n) is 12.8. The van der Waals surface area contributed by atoms with Crippen LogP contribution >= 0.6 is 0 Å². The van der Waals surface area contributed by atoms with E-state index in [0.717, 1.165) is 12.0 Å². The van der Waals surface area contributed by atoms with Crippen molar-refractivity contribution >= 4 is 15.7 Å². The third-order valence-corrected chi connectivity index (χ3v) is 5.10. The van der Waals surface area contributed by atoms with Crippen LogP contribution in [0, 0.1) is 13.8 Å². The van der Waals surface area contributed by atoms with Crippen molar-refractivity contribution in [1.82, 2.24) is 10.2 Å². The van der Waals surface area contributed by atoms with E-state index in [0.29, 0.717) is 23.0 Å². The first-order valence-electron chi connectivity index (χ1n) is 6.99. The lowest BCUT2D eigenvalue weighted by atomic mass is 9.99. The van der Waals surface area contributed by atoms with Gasteiger partial charge in [-0.2, -0.15) is 5.10 Å². The highest BCUT2D eigenvalue weighted by molar-refractivity contribution is 7.92. The molecule has 114 valence electrons. The van der Waals surface area contributed by atoms with E-state index in [1.54, 1.807) is 26.0 Å². The second-order valence-corrected chi connectivity index (χ2v) is 6.98. The minimum Gasteiger partial charge on any atom is -0.280 e. The van der Waals surface area contributed by atoms with Gasteiger partial charge in [-0.25, -0.2) is 8.42 Å². The summed E-state index contributed by atoms with van der Waals surface area (Å²) in [6.07, 6.45) is 1.03. The van der Waals surface area contributed by atoms with Gasteiger partial charge in [-0.05, 0) is 43.9 Å². The number of H-pyrrole nitrogens is 1. The molecular weight excluding hydrogens is 286 g/mol. The Balaban J connectivity index is 2.28. The molecule has 0 aliphatic carbocycles. The molecule has 1 aromatic heterocycles. The molecule has 1 atom stereocenters.